The largest absolute Gasteiger partial charge is 0.487 e. The summed E-state index contributed by atoms with van der Waals surface area (Å²) in [4.78, 5) is 0. The Morgan fingerprint density at radius 2 is 1.75 bits per heavy atom. The molecule has 1 nitrogen and oxygen atoms in total. The number of halogens is 2. The predicted molar refractivity (Wildman–Crippen MR) is 87.4 cm³/mol. The Bertz CT molecular complexity index is 750. The van der Waals surface area contributed by atoms with Crippen molar-refractivity contribution in [3.63, 3.8) is 0 Å². The fraction of sp³-hybridized carbons (Fsp3) is 0.0588. The Labute approximate surface area is 131 Å². The summed E-state index contributed by atoms with van der Waals surface area (Å²) in [6, 6.07) is 20.1. The summed E-state index contributed by atoms with van der Waals surface area (Å²) < 4.78 is 6.80. The Hall–Kier alpha value is -1.51. The van der Waals surface area contributed by atoms with Gasteiger partial charge >= 0.3 is 0 Å². The van der Waals surface area contributed by atoms with Crippen LogP contribution in [0.3, 0.4) is 0 Å². The lowest BCUT2D eigenvalue weighted by Crippen LogP contribution is -1.97. The summed E-state index contributed by atoms with van der Waals surface area (Å²) in [5.74, 6) is 0.689. The average Bonchev–Trinajstić information content (AvgIpc) is 2.48. The molecule has 3 rings (SSSR count). The van der Waals surface area contributed by atoms with E-state index in [2.05, 4.69) is 40.2 Å². The van der Waals surface area contributed by atoms with E-state index < -0.39 is 0 Å². The first-order valence-electron chi connectivity index (χ1n) is 6.28. The Balaban J connectivity index is 1.89. The smallest absolute Gasteiger partial charge is 0.139 e. The molecular formula is C17H12BrClO. The van der Waals surface area contributed by atoms with Crippen LogP contribution in [0.4, 0.5) is 0 Å². The molecule has 0 bridgehead atoms. The molecule has 0 unspecified atom stereocenters. The van der Waals surface area contributed by atoms with Gasteiger partial charge in [-0.05, 0) is 34.5 Å². The summed E-state index contributed by atoms with van der Waals surface area (Å²) in [6.45, 7) is 0.498. The van der Waals surface area contributed by atoms with E-state index in [0.29, 0.717) is 17.4 Å². The highest BCUT2D eigenvalue weighted by atomic mass is 79.9. The van der Waals surface area contributed by atoms with Crippen LogP contribution in [0.15, 0.2) is 65.1 Å². The average molecular weight is 348 g/mol. The molecule has 0 radical (unpaired) electrons. The van der Waals surface area contributed by atoms with E-state index in [9.17, 15) is 0 Å². The molecule has 0 aliphatic rings. The van der Waals surface area contributed by atoms with Crippen LogP contribution in [0.25, 0.3) is 10.8 Å². The maximum Gasteiger partial charge on any atom is 0.139 e. The third-order valence-electron chi connectivity index (χ3n) is 3.16. The van der Waals surface area contributed by atoms with Crippen LogP contribution < -0.4 is 4.74 Å². The van der Waals surface area contributed by atoms with Gasteiger partial charge in [0.25, 0.3) is 0 Å². The second kappa shape index (κ2) is 5.86. The van der Waals surface area contributed by atoms with Crippen molar-refractivity contribution in [2.75, 3.05) is 0 Å². The fourth-order valence-corrected chi connectivity index (χ4v) is 2.67. The molecule has 3 aromatic carbocycles. The molecule has 0 fully saturated rings. The highest BCUT2D eigenvalue weighted by Crippen LogP contribution is 2.29. The van der Waals surface area contributed by atoms with Crippen molar-refractivity contribution in [2.45, 2.75) is 6.61 Å². The standard InChI is InChI=1S/C17H12BrClO/c18-14-8-9-16(19)17(10-14)20-11-13-6-3-5-12-4-1-2-7-15(12)13/h1-10H,11H2. The Morgan fingerprint density at radius 1 is 0.950 bits per heavy atom. The maximum atomic E-state index is 6.13. The lowest BCUT2D eigenvalue weighted by atomic mass is 10.1. The fourth-order valence-electron chi connectivity index (χ4n) is 2.16. The van der Waals surface area contributed by atoms with Gasteiger partial charge in [0.1, 0.15) is 12.4 Å². The van der Waals surface area contributed by atoms with Gasteiger partial charge in [-0.2, -0.15) is 0 Å². The molecule has 0 spiro atoms. The van der Waals surface area contributed by atoms with E-state index in [4.69, 9.17) is 16.3 Å². The van der Waals surface area contributed by atoms with Gasteiger partial charge in [0, 0.05) is 4.47 Å². The van der Waals surface area contributed by atoms with Crippen molar-refractivity contribution in [1.82, 2.24) is 0 Å². The van der Waals surface area contributed by atoms with Crippen LogP contribution >= 0.6 is 27.5 Å². The minimum absolute atomic E-state index is 0.498. The third kappa shape index (κ3) is 2.82. The van der Waals surface area contributed by atoms with Crippen molar-refractivity contribution < 1.29 is 4.74 Å². The van der Waals surface area contributed by atoms with Crippen LogP contribution in [0, 0.1) is 0 Å². The van der Waals surface area contributed by atoms with Gasteiger partial charge in [0.05, 0.1) is 5.02 Å². The quantitative estimate of drug-likeness (QED) is 0.579. The lowest BCUT2D eigenvalue weighted by Gasteiger charge is -2.10. The van der Waals surface area contributed by atoms with Gasteiger partial charge in [0.15, 0.2) is 0 Å². The molecule has 3 heteroatoms. The third-order valence-corrected chi connectivity index (χ3v) is 3.96. The second-order valence-corrected chi connectivity index (χ2v) is 5.82. The first-order valence-corrected chi connectivity index (χ1v) is 7.45. The van der Waals surface area contributed by atoms with Crippen molar-refractivity contribution in [3.8, 4) is 5.75 Å². The molecule has 0 atom stereocenters. The van der Waals surface area contributed by atoms with E-state index in [1.165, 1.54) is 10.8 Å². The van der Waals surface area contributed by atoms with Crippen LogP contribution in [0.1, 0.15) is 5.56 Å². The van der Waals surface area contributed by atoms with E-state index in [-0.39, 0.29) is 0 Å². The topological polar surface area (TPSA) is 9.23 Å². The number of fused-ring (bicyclic) bond motifs is 1. The monoisotopic (exact) mass is 346 g/mol. The summed E-state index contributed by atoms with van der Waals surface area (Å²) >= 11 is 9.56. The SMILES string of the molecule is Clc1ccc(Br)cc1OCc1cccc2ccccc12. The molecule has 0 aromatic heterocycles. The van der Waals surface area contributed by atoms with Crippen molar-refractivity contribution in [1.29, 1.82) is 0 Å². The number of benzene rings is 3. The number of ether oxygens (including phenoxy) is 1. The molecule has 0 saturated heterocycles. The molecule has 100 valence electrons. The van der Waals surface area contributed by atoms with Gasteiger partial charge in [-0.3, -0.25) is 0 Å². The Morgan fingerprint density at radius 3 is 2.65 bits per heavy atom. The van der Waals surface area contributed by atoms with E-state index >= 15 is 0 Å². The van der Waals surface area contributed by atoms with Crippen LogP contribution in [0.2, 0.25) is 5.02 Å². The van der Waals surface area contributed by atoms with Gasteiger partial charge in [-0.25, -0.2) is 0 Å². The number of rotatable bonds is 3. The van der Waals surface area contributed by atoms with Crippen LogP contribution in [-0.2, 0) is 6.61 Å². The summed E-state index contributed by atoms with van der Waals surface area (Å²) in [6.07, 6.45) is 0. The first kappa shape index (κ1) is 13.5. The maximum absolute atomic E-state index is 6.13. The molecular weight excluding hydrogens is 336 g/mol. The minimum Gasteiger partial charge on any atom is -0.487 e. The van der Waals surface area contributed by atoms with Crippen molar-refractivity contribution >= 4 is 38.3 Å². The van der Waals surface area contributed by atoms with E-state index in [1.807, 2.05) is 36.4 Å². The normalized spacial score (nSPS) is 10.7. The minimum atomic E-state index is 0.498. The highest BCUT2D eigenvalue weighted by Gasteiger charge is 2.05. The summed E-state index contributed by atoms with van der Waals surface area (Å²) in [5.41, 5.74) is 1.15. The van der Waals surface area contributed by atoms with Gasteiger partial charge in [-0.1, -0.05) is 70.0 Å². The molecule has 0 N–H and O–H groups in total. The molecule has 0 aliphatic carbocycles. The zero-order valence-corrected chi connectivity index (χ0v) is 13.0. The Kier molecular flexibility index (Phi) is 3.95. The second-order valence-electron chi connectivity index (χ2n) is 4.50. The highest BCUT2D eigenvalue weighted by molar-refractivity contribution is 9.10. The van der Waals surface area contributed by atoms with Gasteiger partial charge in [0.2, 0.25) is 0 Å². The molecule has 0 amide bonds. The lowest BCUT2D eigenvalue weighted by molar-refractivity contribution is 0.307. The van der Waals surface area contributed by atoms with Crippen molar-refractivity contribution in [2.24, 2.45) is 0 Å². The zero-order chi connectivity index (χ0) is 13.9. The zero-order valence-electron chi connectivity index (χ0n) is 10.6. The summed E-state index contributed by atoms with van der Waals surface area (Å²) in [7, 11) is 0. The molecule has 0 heterocycles. The van der Waals surface area contributed by atoms with E-state index in [1.54, 1.807) is 0 Å². The molecule has 0 saturated carbocycles. The summed E-state index contributed by atoms with van der Waals surface area (Å²) in [5, 5.41) is 3.04. The van der Waals surface area contributed by atoms with Gasteiger partial charge in [-0.15, -0.1) is 0 Å². The van der Waals surface area contributed by atoms with E-state index in [0.717, 1.165) is 10.0 Å². The number of hydrogen-bond acceptors (Lipinski definition) is 1. The number of hydrogen-bond donors (Lipinski definition) is 0. The first-order chi connectivity index (χ1) is 9.74. The van der Waals surface area contributed by atoms with Crippen LogP contribution in [0.5, 0.6) is 5.75 Å². The molecule has 0 aliphatic heterocycles. The predicted octanol–water partition coefficient (Wildman–Crippen LogP) is 5.83. The molecule has 3 aromatic rings. The van der Waals surface area contributed by atoms with Crippen molar-refractivity contribution in [3.05, 3.63) is 75.7 Å². The van der Waals surface area contributed by atoms with Gasteiger partial charge < -0.3 is 4.74 Å². The molecule has 20 heavy (non-hydrogen) atoms. The van der Waals surface area contributed by atoms with Crippen LogP contribution in [-0.4, -0.2) is 0 Å².